The molecule has 2 nitrogen and oxygen atoms in total. The molecular weight excluding hydrogens is 114 g/mol. The molecule has 56 valence electrons. The van der Waals surface area contributed by atoms with E-state index in [1.54, 1.807) is 13.8 Å². The van der Waals surface area contributed by atoms with E-state index in [0.717, 1.165) is 0 Å². The summed E-state index contributed by atoms with van der Waals surface area (Å²) in [6.45, 7) is 3.67. The van der Waals surface area contributed by atoms with Crippen LogP contribution in [0.4, 0.5) is 0 Å². The zero-order valence-electron chi connectivity index (χ0n) is 6.35. The molecule has 3 N–H and O–H groups in total. The second-order valence-electron chi connectivity index (χ2n) is 3.08. The van der Waals surface area contributed by atoms with Gasteiger partial charge in [-0.05, 0) is 13.8 Å². The summed E-state index contributed by atoms with van der Waals surface area (Å²) in [6, 6.07) is 0. The Kier molecular flexibility index (Phi) is 3.82. The van der Waals surface area contributed by atoms with Crippen LogP contribution in [-0.4, -0.2) is 17.3 Å². The maximum Gasteiger partial charge on any atom is 0.0713 e. The number of aliphatic hydroxyl groups is 1. The predicted molar refractivity (Wildman–Crippen MR) is 39.2 cm³/mol. The van der Waals surface area contributed by atoms with Crippen LogP contribution in [0.3, 0.4) is 0 Å². The first-order valence-electron chi connectivity index (χ1n) is 3.49. The van der Waals surface area contributed by atoms with Crippen LogP contribution in [0.15, 0.2) is 0 Å². The van der Waals surface area contributed by atoms with Crippen molar-refractivity contribution in [3.8, 4) is 0 Å². The highest BCUT2D eigenvalue weighted by atomic mass is 16.3. The van der Waals surface area contributed by atoms with Crippen molar-refractivity contribution in [3.63, 3.8) is 0 Å². The van der Waals surface area contributed by atoms with Gasteiger partial charge in [-0.3, -0.25) is 0 Å². The molecule has 9 heavy (non-hydrogen) atoms. The Morgan fingerprint density at radius 2 is 1.56 bits per heavy atom. The molecule has 1 rings (SSSR count). The van der Waals surface area contributed by atoms with Crippen molar-refractivity contribution in [2.45, 2.75) is 38.7 Å². The van der Waals surface area contributed by atoms with Gasteiger partial charge in [0.2, 0.25) is 0 Å². The van der Waals surface area contributed by atoms with Gasteiger partial charge >= 0.3 is 0 Å². The van der Waals surface area contributed by atoms with Crippen molar-refractivity contribution >= 4 is 0 Å². The lowest BCUT2D eigenvalue weighted by Crippen LogP contribution is -2.29. The molecule has 0 atom stereocenters. The average molecular weight is 131 g/mol. The van der Waals surface area contributed by atoms with Crippen LogP contribution < -0.4 is 5.73 Å². The highest BCUT2D eigenvalue weighted by Gasteiger charge is 2.06. The third kappa shape index (κ3) is 18.1. The second-order valence-corrected chi connectivity index (χ2v) is 3.08. The molecule has 0 bridgehead atoms. The standard InChI is InChI=1S/C4H11NO.C3H6/c1-4(2,6)3-5;1-2-3-1/h6H,3,5H2,1-2H3;1-3H2. The molecule has 0 aromatic rings. The molecule has 1 saturated carbocycles. The quantitative estimate of drug-likeness (QED) is 0.555. The Morgan fingerprint density at radius 1 is 1.33 bits per heavy atom. The van der Waals surface area contributed by atoms with E-state index in [2.05, 4.69) is 0 Å². The van der Waals surface area contributed by atoms with Crippen LogP contribution in [0.25, 0.3) is 0 Å². The topological polar surface area (TPSA) is 46.2 Å². The van der Waals surface area contributed by atoms with Crippen LogP contribution >= 0.6 is 0 Å². The summed E-state index contributed by atoms with van der Waals surface area (Å²) in [5.41, 5.74) is 4.38. The molecule has 0 heterocycles. The third-order valence-electron chi connectivity index (χ3n) is 0.853. The Morgan fingerprint density at radius 3 is 1.56 bits per heavy atom. The Labute approximate surface area is 57.1 Å². The van der Waals surface area contributed by atoms with E-state index in [4.69, 9.17) is 10.8 Å². The van der Waals surface area contributed by atoms with Gasteiger partial charge in [0.25, 0.3) is 0 Å². The molecule has 0 spiro atoms. The molecule has 0 amide bonds. The lowest BCUT2D eigenvalue weighted by Gasteiger charge is -2.11. The van der Waals surface area contributed by atoms with Gasteiger partial charge in [-0.15, -0.1) is 0 Å². The van der Waals surface area contributed by atoms with Crippen molar-refractivity contribution in [2.75, 3.05) is 6.54 Å². The fourth-order valence-electron chi connectivity index (χ4n) is 0. The Balaban J connectivity index is 0.000000173. The molecule has 0 radical (unpaired) electrons. The maximum absolute atomic E-state index is 8.70. The van der Waals surface area contributed by atoms with Crippen LogP contribution in [0, 0.1) is 0 Å². The van der Waals surface area contributed by atoms with Crippen molar-refractivity contribution in [3.05, 3.63) is 0 Å². The smallest absolute Gasteiger partial charge is 0.0713 e. The average Bonchev–Trinajstić information content (AvgIpc) is 2.45. The van der Waals surface area contributed by atoms with E-state index < -0.39 is 5.60 Å². The zero-order valence-corrected chi connectivity index (χ0v) is 6.35. The van der Waals surface area contributed by atoms with Gasteiger partial charge in [-0.25, -0.2) is 0 Å². The lowest BCUT2D eigenvalue weighted by atomic mass is 10.1. The largest absolute Gasteiger partial charge is 0.389 e. The van der Waals surface area contributed by atoms with Gasteiger partial charge in [0.15, 0.2) is 0 Å². The summed E-state index contributed by atoms with van der Waals surface area (Å²) < 4.78 is 0. The highest BCUT2D eigenvalue weighted by molar-refractivity contribution is 4.63. The predicted octanol–water partition coefficient (Wildman–Crippen LogP) is 0.886. The van der Waals surface area contributed by atoms with E-state index in [-0.39, 0.29) is 0 Å². The van der Waals surface area contributed by atoms with Crippen LogP contribution in [0.1, 0.15) is 33.1 Å². The Hall–Kier alpha value is -0.0800. The molecule has 0 aromatic carbocycles. The van der Waals surface area contributed by atoms with Gasteiger partial charge in [-0.2, -0.15) is 0 Å². The molecule has 2 heteroatoms. The van der Waals surface area contributed by atoms with Crippen LogP contribution in [0.5, 0.6) is 0 Å². The summed E-state index contributed by atoms with van der Waals surface area (Å²) in [5.74, 6) is 0. The minimum Gasteiger partial charge on any atom is -0.389 e. The van der Waals surface area contributed by atoms with Gasteiger partial charge in [0.05, 0.1) is 5.60 Å². The third-order valence-corrected chi connectivity index (χ3v) is 0.853. The summed E-state index contributed by atoms with van der Waals surface area (Å²) in [7, 11) is 0. The minimum atomic E-state index is -0.681. The number of hydrogen-bond acceptors (Lipinski definition) is 2. The molecular formula is C7H17NO. The number of hydrogen-bond donors (Lipinski definition) is 2. The lowest BCUT2D eigenvalue weighted by molar-refractivity contribution is 0.0898. The maximum atomic E-state index is 8.70. The van der Waals surface area contributed by atoms with Crippen molar-refractivity contribution in [2.24, 2.45) is 5.73 Å². The summed E-state index contributed by atoms with van der Waals surface area (Å²) in [6.07, 6.45) is 4.50. The SMILES string of the molecule is C1CC1.CC(C)(O)CN. The van der Waals surface area contributed by atoms with E-state index in [1.165, 1.54) is 19.3 Å². The first-order valence-corrected chi connectivity index (χ1v) is 3.49. The first kappa shape index (κ1) is 8.92. The monoisotopic (exact) mass is 131 g/mol. The van der Waals surface area contributed by atoms with Crippen molar-refractivity contribution in [1.82, 2.24) is 0 Å². The van der Waals surface area contributed by atoms with Crippen LogP contribution in [-0.2, 0) is 0 Å². The van der Waals surface area contributed by atoms with Crippen molar-refractivity contribution in [1.29, 1.82) is 0 Å². The van der Waals surface area contributed by atoms with E-state index in [0.29, 0.717) is 6.54 Å². The first-order chi connectivity index (χ1) is 4.06. The van der Waals surface area contributed by atoms with E-state index >= 15 is 0 Å². The molecule has 0 aromatic heterocycles. The second kappa shape index (κ2) is 3.85. The van der Waals surface area contributed by atoms with Gasteiger partial charge in [-0.1, -0.05) is 19.3 Å². The summed E-state index contributed by atoms with van der Waals surface area (Å²) in [4.78, 5) is 0. The van der Waals surface area contributed by atoms with Gasteiger partial charge in [0.1, 0.15) is 0 Å². The van der Waals surface area contributed by atoms with E-state index in [1.807, 2.05) is 0 Å². The minimum absolute atomic E-state index is 0.326. The van der Waals surface area contributed by atoms with Gasteiger partial charge in [0, 0.05) is 6.54 Å². The van der Waals surface area contributed by atoms with Crippen LogP contribution in [0.2, 0.25) is 0 Å². The highest BCUT2D eigenvalue weighted by Crippen LogP contribution is 2.14. The summed E-state index contributed by atoms with van der Waals surface area (Å²) >= 11 is 0. The zero-order chi connectivity index (χ0) is 7.33. The summed E-state index contributed by atoms with van der Waals surface area (Å²) in [5, 5.41) is 8.70. The van der Waals surface area contributed by atoms with Crippen molar-refractivity contribution < 1.29 is 5.11 Å². The number of nitrogens with two attached hydrogens (primary N) is 1. The normalized spacial score (nSPS) is 16.0. The van der Waals surface area contributed by atoms with Gasteiger partial charge < -0.3 is 10.8 Å². The molecule has 0 unspecified atom stereocenters. The number of rotatable bonds is 1. The molecule has 1 fully saturated rings. The fourth-order valence-corrected chi connectivity index (χ4v) is 0. The fraction of sp³-hybridized carbons (Fsp3) is 1.00. The van der Waals surface area contributed by atoms with E-state index in [9.17, 15) is 0 Å². The molecule has 1 aliphatic rings. The Bertz CT molecular complexity index is 61.1. The molecule has 0 aliphatic heterocycles. The molecule has 0 saturated heterocycles. The molecule has 1 aliphatic carbocycles.